The molecule has 0 aliphatic heterocycles. The van der Waals surface area contributed by atoms with E-state index in [9.17, 15) is 10.1 Å². The molecule has 1 aromatic rings. The van der Waals surface area contributed by atoms with Crippen LogP contribution in [0.5, 0.6) is 0 Å². The summed E-state index contributed by atoms with van der Waals surface area (Å²) in [5.74, 6) is 0. The fraction of sp³-hybridized carbons (Fsp3) is 0.538. The average Bonchev–Trinajstić information content (AvgIpc) is 2.35. The summed E-state index contributed by atoms with van der Waals surface area (Å²) < 4.78 is 0.655. The second kappa shape index (κ2) is 7.64. The summed E-state index contributed by atoms with van der Waals surface area (Å²) >= 11 is 2.00. The van der Waals surface area contributed by atoms with Crippen LogP contribution in [-0.4, -0.2) is 35.5 Å². The van der Waals surface area contributed by atoms with Crippen LogP contribution in [0.2, 0.25) is 0 Å². The first-order valence-electron chi connectivity index (χ1n) is 6.40. The van der Waals surface area contributed by atoms with Crippen LogP contribution in [0.4, 0.5) is 11.4 Å². The van der Waals surface area contributed by atoms with Gasteiger partial charge in [-0.3, -0.25) is 10.1 Å². The minimum atomic E-state index is -0.356. The van der Waals surface area contributed by atoms with Crippen molar-refractivity contribution in [2.45, 2.75) is 26.8 Å². The molecular formula is C13H20IN3O2. The summed E-state index contributed by atoms with van der Waals surface area (Å²) in [6.45, 7) is 9.42. The van der Waals surface area contributed by atoms with E-state index in [0.29, 0.717) is 9.61 Å². The molecule has 0 bridgehead atoms. The van der Waals surface area contributed by atoms with Gasteiger partial charge in [-0.25, -0.2) is 0 Å². The molecule has 0 aliphatic carbocycles. The predicted molar refractivity (Wildman–Crippen MR) is 86.7 cm³/mol. The molecule has 1 N–H and O–H groups in total. The lowest BCUT2D eigenvalue weighted by atomic mass is 10.2. The number of anilines is 1. The van der Waals surface area contributed by atoms with Crippen molar-refractivity contribution >= 4 is 34.0 Å². The monoisotopic (exact) mass is 377 g/mol. The van der Waals surface area contributed by atoms with E-state index < -0.39 is 0 Å². The number of likely N-dealkylation sites (N-methyl/N-ethyl adjacent to an activating group) is 1. The summed E-state index contributed by atoms with van der Waals surface area (Å²) in [5.41, 5.74) is 1.08. The largest absolute Gasteiger partial charge is 0.381 e. The first-order valence-corrected chi connectivity index (χ1v) is 7.48. The minimum absolute atomic E-state index is 0.155. The van der Waals surface area contributed by atoms with Crippen LogP contribution in [0, 0.1) is 13.7 Å². The second-order valence-corrected chi connectivity index (χ2v) is 5.62. The molecule has 0 radical (unpaired) electrons. The van der Waals surface area contributed by atoms with Crippen LogP contribution in [0.3, 0.4) is 0 Å². The number of nitrogens with zero attached hydrogens (tertiary/aromatic N) is 2. The molecule has 0 aliphatic rings. The van der Waals surface area contributed by atoms with Crippen molar-refractivity contribution in [2.75, 3.05) is 25.0 Å². The van der Waals surface area contributed by atoms with Crippen LogP contribution in [0.25, 0.3) is 0 Å². The number of nitrogens with one attached hydrogen (secondary N) is 1. The van der Waals surface area contributed by atoms with Gasteiger partial charge in [0.05, 0.1) is 8.49 Å². The van der Waals surface area contributed by atoms with Crippen LogP contribution >= 0.6 is 22.6 Å². The standard InChI is InChI=1S/C13H20IN3O2/c1-4-16(5-2)9-10(3)15-11-6-7-13(17(18)19)12(14)8-11/h6-8,10,15H,4-5,9H2,1-3H3. The third-order valence-electron chi connectivity index (χ3n) is 2.98. The number of benzene rings is 1. The van der Waals surface area contributed by atoms with Gasteiger partial charge in [-0.1, -0.05) is 13.8 Å². The SMILES string of the molecule is CCN(CC)CC(C)Nc1ccc([N+](=O)[O-])c(I)c1. The Bertz CT molecular complexity index is 436. The Labute approximate surface area is 127 Å². The minimum Gasteiger partial charge on any atom is -0.381 e. The fourth-order valence-electron chi connectivity index (χ4n) is 1.94. The third kappa shape index (κ3) is 4.94. The van der Waals surface area contributed by atoms with Crippen molar-refractivity contribution in [3.63, 3.8) is 0 Å². The molecule has 5 nitrogen and oxygen atoms in total. The summed E-state index contributed by atoms with van der Waals surface area (Å²) in [7, 11) is 0. The van der Waals surface area contributed by atoms with Crippen molar-refractivity contribution < 1.29 is 4.92 Å². The molecule has 0 heterocycles. The quantitative estimate of drug-likeness (QED) is 0.450. The van der Waals surface area contributed by atoms with Crippen molar-refractivity contribution in [3.8, 4) is 0 Å². The van der Waals surface area contributed by atoms with Gasteiger partial charge in [-0.15, -0.1) is 0 Å². The maximum Gasteiger partial charge on any atom is 0.282 e. The Balaban J connectivity index is 2.67. The molecule has 1 rings (SSSR count). The molecule has 0 aromatic heterocycles. The number of hydrogen-bond donors (Lipinski definition) is 1. The highest BCUT2D eigenvalue weighted by Crippen LogP contribution is 2.24. The zero-order chi connectivity index (χ0) is 14.4. The third-order valence-corrected chi connectivity index (χ3v) is 3.85. The van der Waals surface area contributed by atoms with Crippen molar-refractivity contribution in [3.05, 3.63) is 31.9 Å². The zero-order valence-electron chi connectivity index (χ0n) is 11.5. The van der Waals surface area contributed by atoms with Gasteiger partial charge in [-0.05, 0) is 54.7 Å². The van der Waals surface area contributed by atoms with Crippen molar-refractivity contribution in [1.82, 2.24) is 4.90 Å². The van der Waals surface area contributed by atoms with Crippen LogP contribution < -0.4 is 5.32 Å². The average molecular weight is 377 g/mol. The lowest BCUT2D eigenvalue weighted by molar-refractivity contribution is -0.385. The van der Waals surface area contributed by atoms with Crippen LogP contribution in [0.15, 0.2) is 18.2 Å². The van der Waals surface area contributed by atoms with Gasteiger partial charge in [0.15, 0.2) is 0 Å². The summed E-state index contributed by atoms with van der Waals surface area (Å²) in [5, 5.41) is 14.1. The molecular weight excluding hydrogens is 357 g/mol. The Morgan fingerprint density at radius 1 is 1.42 bits per heavy atom. The molecule has 6 heteroatoms. The zero-order valence-corrected chi connectivity index (χ0v) is 13.7. The van der Waals surface area contributed by atoms with E-state index in [0.717, 1.165) is 25.3 Å². The second-order valence-electron chi connectivity index (χ2n) is 4.45. The van der Waals surface area contributed by atoms with Gasteiger partial charge in [0, 0.05) is 24.3 Å². The number of nitro groups is 1. The first kappa shape index (κ1) is 16.2. The van der Waals surface area contributed by atoms with Gasteiger partial charge in [-0.2, -0.15) is 0 Å². The van der Waals surface area contributed by atoms with E-state index in [1.807, 2.05) is 28.7 Å². The fourth-order valence-corrected chi connectivity index (χ4v) is 2.66. The Kier molecular flexibility index (Phi) is 6.50. The van der Waals surface area contributed by atoms with Gasteiger partial charge < -0.3 is 10.2 Å². The Hall–Kier alpha value is -0.890. The lowest BCUT2D eigenvalue weighted by Gasteiger charge is -2.24. The van der Waals surface area contributed by atoms with Crippen LogP contribution in [0.1, 0.15) is 20.8 Å². The molecule has 19 heavy (non-hydrogen) atoms. The number of rotatable bonds is 7. The molecule has 0 saturated heterocycles. The number of hydrogen-bond acceptors (Lipinski definition) is 4. The van der Waals surface area contributed by atoms with E-state index in [2.05, 4.69) is 31.0 Å². The molecule has 0 spiro atoms. The van der Waals surface area contributed by atoms with Gasteiger partial charge in [0.25, 0.3) is 5.69 Å². The maximum atomic E-state index is 10.8. The highest BCUT2D eigenvalue weighted by Gasteiger charge is 2.13. The molecule has 106 valence electrons. The molecule has 0 saturated carbocycles. The topological polar surface area (TPSA) is 58.4 Å². The van der Waals surface area contributed by atoms with Crippen LogP contribution in [-0.2, 0) is 0 Å². The highest BCUT2D eigenvalue weighted by molar-refractivity contribution is 14.1. The van der Waals surface area contributed by atoms with E-state index in [1.54, 1.807) is 12.1 Å². The van der Waals surface area contributed by atoms with Gasteiger partial charge in [0.1, 0.15) is 0 Å². The maximum absolute atomic E-state index is 10.8. The molecule has 1 atom stereocenters. The first-order chi connectivity index (χ1) is 8.97. The highest BCUT2D eigenvalue weighted by atomic mass is 127. The van der Waals surface area contributed by atoms with E-state index >= 15 is 0 Å². The molecule has 0 amide bonds. The van der Waals surface area contributed by atoms with Gasteiger partial charge in [0.2, 0.25) is 0 Å². The summed E-state index contributed by atoms with van der Waals surface area (Å²) in [6, 6.07) is 5.43. The predicted octanol–water partition coefficient (Wildman–Crippen LogP) is 3.34. The number of halogens is 1. The van der Waals surface area contributed by atoms with Gasteiger partial charge >= 0.3 is 0 Å². The number of nitro benzene ring substituents is 1. The Morgan fingerprint density at radius 2 is 2.05 bits per heavy atom. The van der Waals surface area contributed by atoms with Crippen molar-refractivity contribution in [2.24, 2.45) is 0 Å². The molecule has 1 unspecified atom stereocenters. The van der Waals surface area contributed by atoms with Crippen molar-refractivity contribution in [1.29, 1.82) is 0 Å². The summed E-state index contributed by atoms with van der Waals surface area (Å²) in [4.78, 5) is 12.7. The van der Waals surface area contributed by atoms with E-state index in [-0.39, 0.29) is 10.6 Å². The lowest BCUT2D eigenvalue weighted by Crippen LogP contribution is -2.34. The van der Waals surface area contributed by atoms with E-state index in [4.69, 9.17) is 0 Å². The smallest absolute Gasteiger partial charge is 0.282 e. The Morgan fingerprint density at radius 3 is 2.53 bits per heavy atom. The molecule has 1 aromatic carbocycles. The summed E-state index contributed by atoms with van der Waals surface area (Å²) in [6.07, 6.45) is 0. The normalized spacial score (nSPS) is 12.5. The molecule has 0 fully saturated rings. The van der Waals surface area contributed by atoms with E-state index in [1.165, 1.54) is 0 Å².